The van der Waals surface area contributed by atoms with Gasteiger partial charge in [-0.3, -0.25) is 9.59 Å². The van der Waals surface area contributed by atoms with Gasteiger partial charge in [-0.1, -0.05) is 18.2 Å². The molecule has 2 aromatic heterocycles. The maximum absolute atomic E-state index is 13.0. The Bertz CT molecular complexity index is 1050. The van der Waals surface area contributed by atoms with Crippen LogP contribution < -0.4 is 5.32 Å². The highest BCUT2D eigenvalue weighted by molar-refractivity contribution is 5.94. The maximum atomic E-state index is 13.0. The fraction of sp³-hybridized carbons (Fsp3) is 0.364. The van der Waals surface area contributed by atoms with Crippen LogP contribution in [0.15, 0.2) is 59.5 Å². The molecular weight excluding hydrogens is 382 g/mol. The first-order chi connectivity index (χ1) is 14.6. The van der Waals surface area contributed by atoms with Gasteiger partial charge in [-0.2, -0.15) is 5.10 Å². The summed E-state index contributed by atoms with van der Waals surface area (Å²) in [5, 5.41) is 7.50. The molecule has 2 aliphatic rings. The molecule has 30 heavy (non-hydrogen) atoms. The number of aryl methyl sites for hydroxylation is 1. The molecule has 0 saturated carbocycles. The normalized spacial score (nSPS) is 22.8. The van der Waals surface area contributed by atoms with Gasteiger partial charge < -0.3 is 14.6 Å². The monoisotopic (exact) mass is 405 g/mol. The number of likely N-dealkylation sites (tertiary alicyclic amines) is 1. The third-order valence-electron chi connectivity index (χ3n) is 6.29. The van der Waals surface area contributed by atoms with Crippen molar-refractivity contribution in [3.05, 3.63) is 72.2 Å². The summed E-state index contributed by atoms with van der Waals surface area (Å²) in [7, 11) is 0. The van der Waals surface area contributed by atoms with Crippen molar-refractivity contribution < 1.29 is 14.0 Å². The summed E-state index contributed by atoms with van der Waals surface area (Å²) in [6, 6.07) is 12.5. The van der Waals surface area contributed by atoms with Crippen molar-refractivity contribution in [1.82, 2.24) is 25.0 Å². The average Bonchev–Trinajstić information content (AvgIpc) is 3.52. The Morgan fingerprint density at radius 3 is 2.77 bits per heavy atom. The summed E-state index contributed by atoms with van der Waals surface area (Å²) in [5.74, 6) is 1.32. The Kier molecular flexibility index (Phi) is 4.61. The predicted octanol–water partition coefficient (Wildman–Crippen LogP) is 2.21. The molecule has 1 N–H and O–H groups in total. The first-order valence-corrected chi connectivity index (χ1v) is 10.2. The van der Waals surface area contributed by atoms with Crippen molar-refractivity contribution in [1.29, 1.82) is 0 Å². The number of carbonyl (C=O) groups is 2. The van der Waals surface area contributed by atoms with Gasteiger partial charge in [0.15, 0.2) is 0 Å². The van der Waals surface area contributed by atoms with Crippen LogP contribution in [-0.2, 0) is 17.8 Å². The first-order valence-electron chi connectivity index (χ1n) is 10.2. The molecule has 5 rings (SSSR count). The highest BCUT2D eigenvalue weighted by Gasteiger charge is 2.50. The van der Waals surface area contributed by atoms with Crippen LogP contribution >= 0.6 is 0 Å². The largest absolute Gasteiger partial charge is 0.469 e. The summed E-state index contributed by atoms with van der Waals surface area (Å²) in [5.41, 5.74) is 0.347. The Balaban J connectivity index is 1.39. The number of nitrogens with zero attached hydrogens (tertiary/aromatic N) is 4. The molecule has 1 saturated heterocycles. The number of hydrogen-bond acceptors (Lipinski definition) is 5. The van der Waals surface area contributed by atoms with E-state index in [2.05, 4.69) is 15.4 Å². The van der Waals surface area contributed by atoms with Gasteiger partial charge in [-0.25, -0.2) is 9.67 Å². The smallest absolute Gasteiger partial charge is 0.251 e. The lowest BCUT2D eigenvalue weighted by atomic mass is 9.74. The van der Waals surface area contributed by atoms with E-state index >= 15 is 0 Å². The van der Waals surface area contributed by atoms with Gasteiger partial charge >= 0.3 is 0 Å². The van der Waals surface area contributed by atoms with Crippen LogP contribution in [0, 0.1) is 5.41 Å². The van der Waals surface area contributed by atoms with Gasteiger partial charge in [0.1, 0.15) is 17.9 Å². The summed E-state index contributed by atoms with van der Waals surface area (Å²) >= 11 is 0. The third-order valence-corrected chi connectivity index (χ3v) is 6.29. The number of rotatable bonds is 4. The number of nitrogens with one attached hydrogen (secondary N) is 1. The zero-order chi connectivity index (χ0) is 20.6. The zero-order valence-corrected chi connectivity index (χ0v) is 16.5. The van der Waals surface area contributed by atoms with E-state index in [4.69, 9.17) is 4.42 Å². The number of aromatic nitrogens is 3. The van der Waals surface area contributed by atoms with Crippen molar-refractivity contribution in [2.45, 2.75) is 31.8 Å². The van der Waals surface area contributed by atoms with E-state index in [1.54, 1.807) is 24.5 Å². The fourth-order valence-electron chi connectivity index (χ4n) is 4.66. The van der Waals surface area contributed by atoms with Crippen molar-refractivity contribution in [3.8, 4) is 0 Å². The molecule has 8 heteroatoms. The highest BCUT2D eigenvalue weighted by atomic mass is 16.3. The van der Waals surface area contributed by atoms with E-state index in [1.165, 1.54) is 6.33 Å². The molecule has 2 atom stereocenters. The Labute approximate surface area is 173 Å². The van der Waals surface area contributed by atoms with E-state index < -0.39 is 0 Å². The molecule has 4 heterocycles. The van der Waals surface area contributed by atoms with Gasteiger partial charge in [-0.15, -0.1) is 0 Å². The molecule has 0 radical (unpaired) electrons. The molecule has 154 valence electrons. The molecule has 1 spiro atoms. The summed E-state index contributed by atoms with van der Waals surface area (Å²) in [6.45, 7) is 1.97. The second-order valence-electron chi connectivity index (χ2n) is 8.05. The molecule has 2 aliphatic heterocycles. The zero-order valence-electron chi connectivity index (χ0n) is 16.5. The Hall–Kier alpha value is -3.42. The second kappa shape index (κ2) is 7.44. The third kappa shape index (κ3) is 3.28. The molecule has 2 amide bonds. The van der Waals surface area contributed by atoms with Crippen LogP contribution in [0.3, 0.4) is 0 Å². The van der Waals surface area contributed by atoms with Crippen LogP contribution in [0.2, 0.25) is 0 Å². The molecule has 1 aromatic carbocycles. The van der Waals surface area contributed by atoms with E-state index in [-0.39, 0.29) is 29.7 Å². The van der Waals surface area contributed by atoms with Crippen molar-refractivity contribution in [3.63, 3.8) is 0 Å². The van der Waals surface area contributed by atoms with E-state index in [9.17, 15) is 9.59 Å². The molecule has 0 aliphatic carbocycles. The summed E-state index contributed by atoms with van der Waals surface area (Å²) in [6.07, 6.45) is 5.00. The second-order valence-corrected chi connectivity index (χ2v) is 8.05. The van der Waals surface area contributed by atoms with Gasteiger partial charge in [0.2, 0.25) is 5.91 Å². The van der Waals surface area contributed by atoms with Crippen LogP contribution in [0.1, 0.15) is 40.8 Å². The van der Waals surface area contributed by atoms with E-state index in [0.717, 1.165) is 25.2 Å². The lowest BCUT2D eigenvalue weighted by Crippen LogP contribution is -2.48. The molecule has 1 fully saturated rings. The van der Waals surface area contributed by atoms with Gasteiger partial charge in [-0.05, 0) is 37.1 Å². The molecule has 0 bridgehead atoms. The van der Waals surface area contributed by atoms with Crippen molar-refractivity contribution >= 4 is 11.8 Å². The van der Waals surface area contributed by atoms with E-state index in [0.29, 0.717) is 24.4 Å². The molecule has 3 aromatic rings. The number of fused-ring (bicyclic) bond motifs is 1. The molecule has 2 unspecified atom stereocenters. The van der Waals surface area contributed by atoms with Crippen molar-refractivity contribution in [2.75, 3.05) is 13.1 Å². The van der Waals surface area contributed by atoms with Gasteiger partial charge in [0, 0.05) is 30.6 Å². The summed E-state index contributed by atoms with van der Waals surface area (Å²) < 4.78 is 7.19. The van der Waals surface area contributed by atoms with Crippen LogP contribution in [0.4, 0.5) is 0 Å². The number of hydrogen-bond donors (Lipinski definition) is 1. The average molecular weight is 405 g/mol. The Morgan fingerprint density at radius 1 is 1.13 bits per heavy atom. The summed E-state index contributed by atoms with van der Waals surface area (Å²) in [4.78, 5) is 32.1. The van der Waals surface area contributed by atoms with Crippen molar-refractivity contribution in [2.24, 2.45) is 5.41 Å². The highest BCUT2D eigenvalue weighted by Crippen LogP contribution is 2.47. The quantitative estimate of drug-likeness (QED) is 0.718. The minimum absolute atomic E-state index is 0.0435. The van der Waals surface area contributed by atoms with Crippen LogP contribution in [0.5, 0.6) is 0 Å². The number of furan rings is 1. The fourth-order valence-corrected chi connectivity index (χ4v) is 4.66. The van der Waals surface area contributed by atoms with Gasteiger partial charge in [0.25, 0.3) is 5.91 Å². The SMILES string of the molecule is O=C(NC1c2ncnn2CCC12CCN(C(=O)Cc1ccco1)C2)c1ccccc1. The van der Waals surface area contributed by atoms with Gasteiger partial charge in [0.05, 0.1) is 18.7 Å². The lowest BCUT2D eigenvalue weighted by molar-refractivity contribution is -0.130. The Morgan fingerprint density at radius 2 is 1.97 bits per heavy atom. The lowest BCUT2D eigenvalue weighted by Gasteiger charge is -2.40. The maximum Gasteiger partial charge on any atom is 0.251 e. The minimum Gasteiger partial charge on any atom is -0.469 e. The van der Waals surface area contributed by atoms with Crippen LogP contribution in [-0.4, -0.2) is 44.6 Å². The molecular formula is C22H23N5O3. The number of benzene rings is 1. The molecule has 8 nitrogen and oxygen atoms in total. The first kappa shape index (κ1) is 18.6. The predicted molar refractivity (Wildman–Crippen MR) is 107 cm³/mol. The standard InChI is InChI=1S/C22H23N5O3/c28-18(13-17-7-4-12-30-17)26-10-8-22(14-26)9-11-27-20(23-15-24-27)19(22)25-21(29)16-5-2-1-3-6-16/h1-7,12,15,19H,8-11,13-14H2,(H,25,29). The minimum atomic E-state index is -0.303. The topological polar surface area (TPSA) is 93.3 Å². The van der Waals surface area contributed by atoms with Crippen LogP contribution in [0.25, 0.3) is 0 Å². The number of carbonyl (C=O) groups excluding carboxylic acids is 2. The van der Waals surface area contributed by atoms with E-state index in [1.807, 2.05) is 33.8 Å². The number of amides is 2.